The van der Waals surface area contributed by atoms with Crippen LogP contribution in [0.1, 0.15) is 44.0 Å². The molecule has 0 radical (unpaired) electrons. The van der Waals surface area contributed by atoms with Gasteiger partial charge in [0.2, 0.25) is 5.95 Å². The van der Waals surface area contributed by atoms with Gasteiger partial charge < -0.3 is 9.64 Å². The molecule has 26 heavy (non-hydrogen) atoms. The number of hydrogen-bond acceptors (Lipinski definition) is 5. The number of anilines is 1. The number of nitrogens with zero attached hydrogens (tertiary/aromatic N) is 5. The molecule has 1 aromatic carbocycles. The lowest BCUT2D eigenvalue weighted by molar-refractivity contribution is 0.248. The first kappa shape index (κ1) is 17.3. The first-order valence-electron chi connectivity index (χ1n) is 9.90. The van der Waals surface area contributed by atoms with Crippen LogP contribution in [-0.2, 0) is 13.1 Å². The molecule has 0 spiro atoms. The second-order valence-corrected chi connectivity index (χ2v) is 7.22. The van der Waals surface area contributed by atoms with Crippen molar-refractivity contribution < 1.29 is 4.74 Å². The number of benzene rings is 1. The minimum atomic E-state index is 0.650. The molecule has 4 rings (SSSR count). The minimum absolute atomic E-state index is 0.650. The number of aromatic nitrogens is 3. The molecule has 6 heteroatoms. The molecular weight excluding hydrogens is 326 g/mol. The van der Waals surface area contributed by atoms with Gasteiger partial charge in [-0.3, -0.25) is 9.47 Å². The van der Waals surface area contributed by atoms with E-state index in [0.29, 0.717) is 12.5 Å². The highest BCUT2D eigenvalue weighted by atomic mass is 16.5. The highest BCUT2D eigenvalue weighted by Gasteiger charge is 2.31. The van der Waals surface area contributed by atoms with Crippen LogP contribution in [0.5, 0.6) is 5.75 Å². The molecule has 0 N–H and O–H groups in total. The molecule has 6 nitrogen and oxygen atoms in total. The fourth-order valence-electron chi connectivity index (χ4n) is 3.71. The van der Waals surface area contributed by atoms with E-state index in [1.54, 1.807) is 0 Å². The molecule has 2 aliphatic rings. The summed E-state index contributed by atoms with van der Waals surface area (Å²) in [4.78, 5) is 4.91. The number of rotatable bonds is 7. The van der Waals surface area contributed by atoms with Gasteiger partial charge in [-0.05, 0) is 44.4 Å². The maximum Gasteiger partial charge on any atom is 0.227 e. The largest absolute Gasteiger partial charge is 0.494 e. The molecule has 2 fully saturated rings. The van der Waals surface area contributed by atoms with E-state index >= 15 is 0 Å². The summed E-state index contributed by atoms with van der Waals surface area (Å²) in [7, 11) is 0. The van der Waals surface area contributed by atoms with E-state index in [4.69, 9.17) is 4.74 Å². The van der Waals surface area contributed by atoms with Gasteiger partial charge in [0.25, 0.3) is 0 Å². The zero-order valence-electron chi connectivity index (χ0n) is 15.9. The van der Waals surface area contributed by atoms with Crippen molar-refractivity contribution in [1.82, 2.24) is 19.7 Å². The van der Waals surface area contributed by atoms with Crippen molar-refractivity contribution in [3.63, 3.8) is 0 Å². The molecule has 0 atom stereocenters. The summed E-state index contributed by atoms with van der Waals surface area (Å²) in [6, 6.07) is 8.48. The average molecular weight is 355 g/mol. The Morgan fingerprint density at radius 3 is 2.35 bits per heavy atom. The van der Waals surface area contributed by atoms with Crippen molar-refractivity contribution in [3.8, 4) is 5.75 Å². The van der Waals surface area contributed by atoms with Gasteiger partial charge in [0.15, 0.2) is 0 Å². The highest BCUT2D eigenvalue weighted by Crippen LogP contribution is 2.40. The van der Waals surface area contributed by atoms with Gasteiger partial charge in [0.05, 0.1) is 6.61 Å². The maximum atomic E-state index is 5.52. The zero-order chi connectivity index (χ0) is 17.9. The predicted octanol–water partition coefficient (Wildman–Crippen LogP) is 2.90. The van der Waals surface area contributed by atoms with Crippen molar-refractivity contribution in [3.05, 3.63) is 35.7 Å². The van der Waals surface area contributed by atoms with Crippen molar-refractivity contribution in [2.45, 2.75) is 45.7 Å². The van der Waals surface area contributed by atoms with Gasteiger partial charge in [-0.25, -0.2) is 0 Å². The van der Waals surface area contributed by atoms with E-state index in [9.17, 15) is 0 Å². The van der Waals surface area contributed by atoms with Crippen molar-refractivity contribution >= 4 is 5.95 Å². The summed E-state index contributed by atoms with van der Waals surface area (Å²) >= 11 is 0. The van der Waals surface area contributed by atoms with Gasteiger partial charge >= 0.3 is 0 Å². The third-order valence-electron chi connectivity index (χ3n) is 5.31. The summed E-state index contributed by atoms with van der Waals surface area (Å²) in [6.07, 6.45) is 2.54. The second-order valence-electron chi connectivity index (χ2n) is 7.22. The predicted molar refractivity (Wildman–Crippen MR) is 103 cm³/mol. The molecule has 2 heterocycles. The van der Waals surface area contributed by atoms with Crippen LogP contribution in [0.25, 0.3) is 0 Å². The van der Waals surface area contributed by atoms with Crippen LogP contribution in [0, 0.1) is 0 Å². The van der Waals surface area contributed by atoms with Gasteiger partial charge in [0, 0.05) is 45.2 Å². The Morgan fingerprint density at radius 1 is 1.00 bits per heavy atom. The fraction of sp³-hybridized carbons (Fsp3) is 0.600. The van der Waals surface area contributed by atoms with Crippen molar-refractivity contribution in [2.75, 3.05) is 37.7 Å². The Bertz CT molecular complexity index is 714. The third-order valence-corrected chi connectivity index (χ3v) is 5.31. The van der Waals surface area contributed by atoms with Crippen LogP contribution in [0.4, 0.5) is 5.95 Å². The van der Waals surface area contributed by atoms with E-state index in [1.165, 1.54) is 24.2 Å². The van der Waals surface area contributed by atoms with Crippen LogP contribution in [0.2, 0.25) is 0 Å². The monoisotopic (exact) mass is 355 g/mol. The van der Waals surface area contributed by atoms with Crippen LogP contribution in [-0.4, -0.2) is 52.5 Å². The molecule has 0 amide bonds. The first-order valence-corrected chi connectivity index (χ1v) is 9.90. The zero-order valence-corrected chi connectivity index (χ0v) is 15.9. The Labute approximate surface area is 155 Å². The summed E-state index contributed by atoms with van der Waals surface area (Å²) in [5.74, 6) is 3.86. The van der Waals surface area contributed by atoms with E-state index < -0.39 is 0 Å². The van der Waals surface area contributed by atoms with E-state index in [0.717, 1.165) is 51.0 Å². The number of hydrogen-bond donors (Lipinski definition) is 0. The van der Waals surface area contributed by atoms with Gasteiger partial charge in [-0.15, -0.1) is 10.2 Å². The topological polar surface area (TPSA) is 46.4 Å². The molecule has 1 aliphatic heterocycles. The molecule has 1 aliphatic carbocycles. The average Bonchev–Trinajstić information content (AvgIpc) is 3.43. The number of piperazine rings is 1. The Kier molecular flexibility index (Phi) is 5.11. The van der Waals surface area contributed by atoms with E-state index in [1.807, 2.05) is 6.92 Å². The lowest BCUT2D eigenvalue weighted by Crippen LogP contribution is -2.46. The molecule has 0 bridgehead atoms. The lowest BCUT2D eigenvalue weighted by atomic mass is 10.2. The first-order chi connectivity index (χ1) is 12.8. The standard InChI is InChI=1S/C20H29N5O/c1-3-25-19(17-7-8-17)21-22-20(25)24-13-11-23(12-14-24)15-16-5-9-18(10-6-16)26-4-2/h5-6,9-10,17H,3-4,7-8,11-15H2,1-2H3. The Balaban J connectivity index is 1.34. The van der Waals surface area contributed by atoms with Crippen LogP contribution in [0.3, 0.4) is 0 Å². The fourth-order valence-corrected chi connectivity index (χ4v) is 3.71. The van der Waals surface area contributed by atoms with Crippen LogP contribution in [0.15, 0.2) is 24.3 Å². The molecule has 1 saturated carbocycles. The van der Waals surface area contributed by atoms with Gasteiger partial charge in [-0.2, -0.15) is 0 Å². The van der Waals surface area contributed by atoms with Crippen molar-refractivity contribution in [2.24, 2.45) is 0 Å². The smallest absolute Gasteiger partial charge is 0.227 e. The summed E-state index contributed by atoms with van der Waals surface area (Å²) < 4.78 is 7.84. The maximum absolute atomic E-state index is 5.52. The Morgan fingerprint density at radius 2 is 1.73 bits per heavy atom. The quantitative estimate of drug-likeness (QED) is 0.764. The highest BCUT2D eigenvalue weighted by molar-refractivity contribution is 5.34. The van der Waals surface area contributed by atoms with Crippen LogP contribution < -0.4 is 9.64 Å². The third kappa shape index (κ3) is 3.70. The summed E-state index contributed by atoms with van der Waals surface area (Å²) in [5.41, 5.74) is 1.34. The van der Waals surface area contributed by atoms with Gasteiger partial charge in [0.1, 0.15) is 11.6 Å². The number of ether oxygens (including phenoxy) is 1. The minimum Gasteiger partial charge on any atom is -0.494 e. The summed E-state index contributed by atoms with van der Waals surface area (Å²) in [6.45, 7) is 11.0. The molecule has 2 aromatic rings. The summed E-state index contributed by atoms with van der Waals surface area (Å²) in [5, 5.41) is 8.99. The lowest BCUT2D eigenvalue weighted by Gasteiger charge is -2.35. The van der Waals surface area contributed by atoms with E-state index in [-0.39, 0.29) is 0 Å². The van der Waals surface area contributed by atoms with Crippen LogP contribution >= 0.6 is 0 Å². The molecule has 140 valence electrons. The SMILES string of the molecule is CCOc1ccc(CN2CCN(c3nnc(C4CC4)n3CC)CC2)cc1. The normalized spacial score (nSPS) is 18.3. The molecular formula is C20H29N5O. The second kappa shape index (κ2) is 7.66. The Hall–Kier alpha value is -2.08. The van der Waals surface area contributed by atoms with Crippen molar-refractivity contribution in [1.29, 1.82) is 0 Å². The molecule has 0 unspecified atom stereocenters. The molecule has 1 saturated heterocycles. The van der Waals surface area contributed by atoms with Gasteiger partial charge in [-0.1, -0.05) is 12.1 Å². The van der Waals surface area contributed by atoms with E-state index in [2.05, 4.69) is 55.8 Å². The molecule has 1 aromatic heterocycles.